The van der Waals surface area contributed by atoms with E-state index in [1.54, 1.807) is 0 Å². The highest BCUT2D eigenvalue weighted by Gasteiger charge is 2.27. The van der Waals surface area contributed by atoms with Gasteiger partial charge in [-0.05, 0) is 42.5 Å². The van der Waals surface area contributed by atoms with Crippen LogP contribution in [0.5, 0.6) is 0 Å². The van der Waals surface area contributed by atoms with E-state index in [2.05, 4.69) is 10.1 Å². The second kappa shape index (κ2) is 7.33. The van der Waals surface area contributed by atoms with E-state index in [0.29, 0.717) is 5.56 Å². The molecule has 24 heavy (non-hydrogen) atoms. The summed E-state index contributed by atoms with van der Waals surface area (Å²) in [5.41, 5.74) is 0.163. The number of nitrogens with one attached hydrogen (secondary N) is 1. The lowest BCUT2D eigenvalue weighted by molar-refractivity contribution is -0.143. The fourth-order valence-electron chi connectivity index (χ4n) is 2.03. The highest BCUT2D eigenvalue weighted by atomic mass is 19.1. The molecule has 0 aliphatic heterocycles. The lowest BCUT2D eigenvalue weighted by Gasteiger charge is -2.17. The molecule has 0 aliphatic carbocycles. The highest BCUT2D eigenvalue weighted by Crippen LogP contribution is 2.20. The van der Waals surface area contributed by atoms with Crippen molar-refractivity contribution in [3.63, 3.8) is 0 Å². The van der Waals surface area contributed by atoms with Crippen LogP contribution in [0.15, 0.2) is 42.5 Å². The van der Waals surface area contributed by atoms with Crippen molar-refractivity contribution in [2.24, 2.45) is 0 Å². The van der Waals surface area contributed by atoms with Crippen LogP contribution in [-0.2, 0) is 9.53 Å². The molecule has 0 aromatic heterocycles. The molecular weight excluding hydrogens is 318 g/mol. The van der Waals surface area contributed by atoms with Crippen molar-refractivity contribution < 1.29 is 23.1 Å². The normalized spacial score (nSPS) is 11.2. The zero-order valence-corrected chi connectivity index (χ0v) is 12.5. The molecule has 0 fully saturated rings. The molecular formula is C17H12F2N2O3. The minimum absolute atomic E-state index is 0.153. The maximum absolute atomic E-state index is 13.9. The third-order valence-corrected chi connectivity index (χ3v) is 3.26. The number of halogens is 2. The SMILES string of the molecule is COC(=O)[C@H](NC(=O)c1ccc(C#N)cc1)c1cc(F)ccc1F. The van der Waals surface area contributed by atoms with E-state index in [0.717, 1.165) is 25.3 Å². The Morgan fingerprint density at radius 1 is 1.17 bits per heavy atom. The number of hydrogen-bond donors (Lipinski definition) is 1. The Hall–Kier alpha value is -3.27. The molecule has 1 atom stereocenters. The van der Waals surface area contributed by atoms with E-state index in [4.69, 9.17) is 5.26 Å². The van der Waals surface area contributed by atoms with Crippen LogP contribution in [0, 0.1) is 23.0 Å². The molecule has 2 aromatic rings. The van der Waals surface area contributed by atoms with E-state index in [1.165, 1.54) is 24.3 Å². The van der Waals surface area contributed by atoms with Gasteiger partial charge in [0.05, 0.1) is 18.7 Å². The second-order valence-electron chi connectivity index (χ2n) is 4.78. The summed E-state index contributed by atoms with van der Waals surface area (Å²) in [6.07, 6.45) is 0. The molecule has 0 saturated carbocycles. The zero-order chi connectivity index (χ0) is 17.7. The van der Waals surface area contributed by atoms with Gasteiger partial charge in [0.15, 0.2) is 6.04 Å². The van der Waals surface area contributed by atoms with Crippen molar-refractivity contribution in [1.29, 1.82) is 5.26 Å². The molecule has 122 valence electrons. The minimum atomic E-state index is -1.51. The van der Waals surface area contributed by atoms with Crippen LogP contribution in [0.25, 0.3) is 0 Å². The van der Waals surface area contributed by atoms with E-state index in [9.17, 15) is 18.4 Å². The van der Waals surface area contributed by atoms with Gasteiger partial charge in [-0.15, -0.1) is 0 Å². The number of carbonyl (C=O) groups excluding carboxylic acids is 2. The average Bonchev–Trinajstić information content (AvgIpc) is 2.61. The number of amides is 1. The number of benzene rings is 2. The monoisotopic (exact) mass is 330 g/mol. The molecule has 5 nitrogen and oxygen atoms in total. The van der Waals surface area contributed by atoms with Gasteiger partial charge in [0.1, 0.15) is 11.6 Å². The van der Waals surface area contributed by atoms with Crippen molar-refractivity contribution in [3.05, 3.63) is 70.8 Å². The van der Waals surface area contributed by atoms with Gasteiger partial charge in [-0.1, -0.05) is 0 Å². The van der Waals surface area contributed by atoms with Crippen LogP contribution in [-0.4, -0.2) is 19.0 Å². The highest BCUT2D eigenvalue weighted by molar-refractivity contribution is 5.97. The van der Waals surface area contributed by atoms with Gasteiger partial charge in [-0.2, -0.15) is 5.26 Å². The van der Waals surface area contributed by atoms with Crippen molar-refractivity contribution in [1.82, 2.24) is 5.32 Å². The number of rotatable bonds is 4. The third-order valence-electron chi connectivity index (χ3n) is 3.26. The van der Waals surface area contributed by atoms with Crippen molar-refractivity contribution in [3.8, 4) is 6.07 Å². The van der Waals surface area contributed by atoms with Gasteiger partial charge >= 0.3 is 5.97 Å². The first-order valence-electron chi connectivity index (χ1n) is 6.80. The standard InChI is InChI=1S/C17H12F2N2O3/c1-24-17(23)15(13-8-12(18)6-7-14(13)19)21-16(22)11-4-2-10(9-20)3-5-11/h2-8,15H,1H3,(H,21,22)/t15-/m1/s1. The molecule has 2 aromatic carbocycles. The maximum Gasteiger partial charge on any atom is 0.333 e. The first-order valence-corrected chi connectivity index (χ1v) is 6.80. The largest absolute Gasteiger partial charge is 0.467 e. The van der Waals surface area contributed by atoms with Crippen LogP contribution in [0.4, 0.5) is 8.78 Å². The zero-order valence-electron chi connectivity index (χ0n) is 12.5. The number of ether oxygens (including phenoxy) is 1. The van der Waals surface area contributed by atoms with E-state index >= 15 is 0 Å². The maximum atomic E-state index is 13.9. The third kappa shape index (κ3) is 3.73. The Morgan fingerprint density at radius 2 is 1.83 bits per heavy atom. The Balaban J connectivity index is 2.32. The Kier molecular flexibility index (Phi) is 5.22. The van der Waals surface area contributed by atoms with Gasteiger partial charge in [0, 0.05) is 11.1 Å². The number of nitrogens with zero attached hydrogens (tertiary/aromatic N) is 1. The summed E-state index contributed by atoms with van der Waals surface area (Å²) in [5, 5.41) is 11.0. The van der Waals surface area contributed by atoms with Gasteiger partial charge in [0.25, 0.3) is 5.91 Å². The minimum Gasteiger partial charge on any atom is -0.467 e. The number of carbonyl (C=O) groups is 2. The number of nitriles is 1. The fourth-order valence-corrected chi connectivity index (χ4v) is 2.03. The van der Waals surface area contributed by atoms with Crippen LogP contribution in [0.1, 0.15) is 27.5 Å². The average molecular weight is 330 g/mol. The summed E-state index contributed by atoms with van der Waals surface area (Å²) in [7, 11) is 1.07. The van der Waals surface area contributed by atoms with E-state index < -0.39 is 29.6 Å². The molecule has 0 aliphatic rings. The Morgan fingerprint density at radius 3 is 2.42 bits per heavy atom. The lowest BCUT2D eigenvalue weighted by Crippen LogP contribution is -2.35. The Bertz CT molecular complexity index is 814. The predicted octanol–water partition coefficient (Wildman–Crippen LogP) is 2.48. The quantitative estimate of drug-likeness (QED) is 0.874. The number of esters is 1. The molecule has 1 N–H and O–H groups in total. The van der Waals surface area contributed by atoms with Crippen molar-refractivity contribution >= 4 is 11.9 Å². The molecule has 0 heterocycles. The van der Waals surface area contributed by atoms with E-state index in [-0.39, 0.29) is 11.1 Å². The summed E-state index contributed by atoms with van der Waals surface area (Å²) in [6, 6.07) is 8.57. The molecule has 0 saturated heterocycles. The summed E-state index contributed by atoms with van der Waals surface area (Å²) in [4.78, 5) is 24.1. The van der Waals surface area contributed by atoms with E-state index in [1.807, 2.05) is 6.07 Å². The second-order valence-corrected chi connectivity index (χ2v) is 4.78. The lowest BCUT2D eigenvalue weighted by atomic mass is 10.0. The molecule has 0 spiro atoms. The van der Waals surface area contributed by atoms with Gasteiger partial charge in [-0.25, -0.2) is 13.6 Å². The summed E-state index contributed by atoms with van der Waals surface area (Å²) in [5.74, 6) is -3.25. The van der Waals surface area contributed by atoms with Crippen molar-refractivity contribution in [2.75, 3.05) is 7.11 Å². The van der Waals surface area contributed by atoms with Crippen molar-refractivity contribution in [2.45, 2.75) is 6.04 Å². The topological polar surface area (TPSA) is 79.2 Å². The molecule has 0 unspecified atom stereocenters. The van der Waals surface area contributed by atoms with Crippen LogP contribution < -0.4 is 5.32 Å². The molecule has 0 radical (unpaired) electrons. The van der Waals surface area contributed by atoms with Crippen LogP contribution >= 0.6 is 0 Å². The van der Waals surface area contributed by atoms with Gasteiger partial charge in [-0.3, -0.25) is 4.79 Å². The fraction of sp³-hybridized carbons (Fsp3) is 0.118. The predicted molar refractivity (Wildman–Crippen MR) is 79.7 cm³/mol. The molecule has 7 heteroatoms. The summed E-state index contributed by atoms with van der Waals surface area (Å²) < 4.78 is 31.8. The number of methoxy groups -OCH3 is 1. The molecule has 0 bridgehead atoms. The number of hydrogen-bond acceptors (Lipinski definition) is 4. The van der Waals surface area contributed by atoms with Gasteiger partial charge in [0.2, 0.25) is 0 Å². The first kappa shape index (κ1) is 17.1. The molecule has 1 amide bonds. The first-order chi connectivity index (χ1) is 11.5. The Labute approximate surface area is 136 Å². The van der Waals surface area contributed by atoms with Crippen LogP contribution in [0.3, 0.4) is 0 Å². The van der Waals surface area contributed by atoms with Gasteiger partial charge < -0.3 is 10.1 Å². The van der Waals surface area contributed by atoms with Crippen LogP contribution in [0.2, 0.25) is 0 Å². The summed E-state index contributed by atoms with van der Waals surface area (Å²) in [6.45, 7) is 0. The molecule has 2 rings (SSSR count). The summed E-state index contributed by atoms with van der Waals surface area (Å²) >= 11 is 0. The smallest absolute Gasteiger partial charge is 0.333 e.